The second-order valence-corrected chi connectivity index (χ2v) is 10.7. The molecule has 28 heavy (non-hydrogen) atoms. The largest absolute Gasteiger partial charge is 0.293 e. The standard InChI is InChI=1S/C21H24N2O3S2/c1-15(21(24)18-8-7-16-5-4-6-17(16)13-18)27-20-10-9-19(14-22-20)28(25,26)23-11-2-3-12-23/h7-10,13-15H,2-6,11-12H2,1H3. The zero-order chi connectivity index (χ0) is 19.7. The van der Waals surface area contributed by atoms with Crippen LogP contribution in [0.5, 0.6) is 0 Å². The quantitative estimate of drug-likeness (QED) is 0.530. The van der Waals surface area contributed by atoms with Crippen LogP contribution in [0.15, 0.2) is 46.5 Å². The Bertz CT molecular complexity index is 981. The van der Waals surface area contributed by atoms with Gasteiger partial charge >= 0.3 is 0 Å². The molecule has 1 unspecified atom stereocenters. The summed E-state index contributed by atoms with van der Waals surface area (Å²) in [4.78, 5) is 17.3. The molecule has 148 valence electrons. The van der Waals surface area contributed by atoms with Gasteiger partial charge in [0, 0.05) is 24.8 Å². The highest BCUT2D eigenvalue weighted by Crippen LogP contribution is 2.28. The fraction of sp³-hybridized carbons (Fsp3) is 0.429. The molecule has 0 N–H and O–H groups in total. The minimum atomic E-state index is -3.45. The van der Waals surface area contributed by atoms with E-state index in [1.807, 2.05) is 19.1 Å². The van der Waals surface area contributed by atoms with E-state index in [0.29, 0.717) is 18.1 Å². The number of nitrogens with zero attached hydrogens (tertiary/aromatic N) is 2. The molecule has 1 aromatic heterocycles. The van der Waals surface area contributed by atoms with E-state index in [1.165, 1.54) is 33.4 Å². The maximum absolute atomic E-state index is 12.8. The SMILES string of the molecule is CC(Sc1ccc(S(=O)(=O)N2CCCC2)cn1)C(=O)c1ccc2c(c1)CCC2. The second kappa shape index (κ2) is 7.97. The smallest absolute Gasteiger partial charge is 0.244 e. The summed E-state index contributed by atoms with van der Waals surface area (Å²) in [6.07, 6.45) is 6.53. The molecule has 5 nitrogen and oxygen atoms in total. The van der Waals surface area contributed by atoms with E-state index in [0.717, 1.165) is 37.7 Å². The average Bonchev–Trinajstić information content (AvgIpc) is 3.39. The molecule has 2 heterocycles. The van der Waals surface area contributed by atoms with Gasteiger partial charge in [-0.15, -0.1) is 0 Å². The number of sulfonamides is 1. The lowest BCUT2D eigenvalue weighted by Gasteiger charge is -2.15. The first-order valence-electron chi connectivity index (χ1n) is 9.74. The summed E-state index contributed by atoms with van der Waals surface area (Å²) in [5, 5.41) is 0.371. The van der Waals surface area contributed by atoms with E-state index in [4.69, 9.17) is 0 Å². The summed E-state index contributed by atoms with van der Waals surface area (Å²) < 4.78 is 26.7. The number of rotatable bonds is 6. The van der Waals surface area contributed by atoms with Crippen molar-refractivity contribution in [3.8, 4) is 0 Å². The Morgan fingerprint density at radius 3 is 2.54 bits per heavy atom. The molecule has 0 bridgehead atoms. The van der Waals surface area contributed by atoms with Gasteiger partial charge in [0.15, 0.2) is 5.78 Å². The van der Waals surface area contributed by atoms with Crippen LogP contribution in [0.4, 0.5) is 0 Å². The first kappa shape index (κ1) is 19.6. The van der Waals surface area contributed by atoms with Gasteiger partial charge in [-0.2, -0.15) is 4.31 Å². The molecule has 1 aliphatic carbocycles. The number of thioether (sulfide) groups is 1. The summed E-state index contributed by atoms with van der Waals surface area (Å²) in [7, 11) is -3.45. The van der Waals surface area contributed by atoms with Crippen LogP contribution in [-0.4, -0.2) is 41.8 Å². The van der Waals surface area contributed by atoms with Gasteiger partial charge in [-0.3, -0.25) is 4.79 Å². The van der Waals surface area contributed by atoms with Crippen molar-refractivity contribution in [2.45, 2.75) is 54.2 Å². The van der Waals surface area contributed by atoms with Crippen molar-refractivity contribution in [1.29, 1.82) is 0 Å². The van der Waals surface area contributed by atoms with Gasteiger partial charge in [-0.25, -0.2) is 13.4 Å². The summed E-state index contributed by atoms with van der Waals surface area (Å²) in [6.45, 7) is 3.02. The van der Waals surface area contributed by atoms with Crippen LogP contribution in [0.3, 0.4) is 0 Å². The zero-order valence-corrected chi connectivity index (χ0v) is 17.6. The normalized spacial score (nSPS) is 18.2. The molecule has 0 radical (unpaired) electrons. The molecule has 1 atom stereocenters. The number of carbonyl (C=O) groups is 1. The molecule has 2 aliphatic rings. The van der Waals surface area contributed by atoms with E-state index < -0.39 is 10.0 Å². The summed E-state index contributed by atoms with van der Waals surface area (Å²) >= 11 is 1.36. The number of hydrogen-bond acceptors (Lipinski definition) is 5. The highest BCUT2D eigenvalue weighted by atomic mass is 32.2. The Balaban J connectivity index is 1.44. The van der Waals surface area contributed by atoms with Gasteiger partial charge < -0.3 is 0 Å². The molecule has 7 heteroatoms. The van der Waals surface area contributed by atoms with E-state index in [2.05, 4.69) is 11.1 Å². The Morgan fingerprint density at radius 1 is 1.07 bits per heavy atom. The van der Waals surface area contributed by atoms with Crippen LogP contribution < -0.4 is 0 Å². The average molecular weight is 417 g/mol. The number of ketones is 1. The predicted octanol–water partition coefficient (Wildman–Crippen LogP) is 3.72. The van der Waals surface area contributed by atoms with Crippen LogP contribution >= 0.6 is 11.8 Å². The summed E-state index contributed by atoms with van der Waals surface area (Å²) in [6, 6.07) is 9.31. The first-order chi connectivity index (χ1) is 13.4. The molecule has 0 amide bonds. The first-order valence-corrected chi connectivity index (χ1v) is 12.1. The van der Waals surface area contributed by atoms with E-state index >= 15 is 0 Å². The second-order valence-electron chi connectivity index (χ2n) is 7.40. The number of aryl methyl sites for hydroxylation is 2. The van der Waals surface area contributed by atoms with Crippen molar-refractivity contribution in [2.75, 3.05) is 13.1 Å². The van der Waals surface area contributed by atoms with E-state index in [1.54, 1.807) is 12.1 Å². The maximum atomic E-state index is 12.8. The molecule has 1 saturated heterocycles. The van der Waals surface area contributed by atoms with Crippen LogP contribution in [0, 0.1) is 0 Å². The van der Waals surface area contributed by atoms with Crippen LogP contribution in [0.1, 0.15) is 47.7 Å². The number of Topliss-reactive ketones (excluding diaryl/α,β-unsaturated/α-hetero) is 1. The summed E-state index contributed by atoms with van der Waals surface area (Å²) in [5.74, 6) is 0.0789. The van der Waals surface area contributed by atoms with Gasteiger partial charge in [-0.1, -0.05) is 23.9 Å². The third-order valence-electron chi connectivity index (χ3n) is 5.46. The van der Waals surface area contributed by atoms with Gasteiger partial charge in [0.1, 0.15) is 4.90 Å². The Kier molecular flexibility index (Phi) is 5.58. The van der Waals surface area contributed by atoms with Crippen molar-refractivity contribution in [2.24, 2.45) is 0 Å². The number of carbonyl (C=O) groups excluding carboxylic acids is 1. The van der Waals surface area contributed by atoms with Gasteiger partial charge in [-0.05, 0) is 68.4 Å². The van der Waals surface area contributed by atoms with Crippen LogP contribution in [0.25, 0.3) is 0 Å². The minimum Gasteiger partial charge on any atom is -0.293 e. The topological polar surface area (TPSA) is 67.3 Å². The molecule has 1 fully saturated rings. The third kappa shape index (κ3) is 3.88. The highest BCUT2D eigenvalue weighted by Gasteiger charge is 2.27. The Hall–Kier alpha value is -1.70. The van der Waals surface area contributed by atoms with Gasteiger partial charge in [0.25, 0.3) is 0 Å². The molecule has 4 rings (SSSR count). The summed E-state index contributed by atoms with van der Waals surface area (Å²) in [5.41, 5.74) is 3.39. The fourth-order valence-electron chi connectivity index (χ4n) is 3.86. The van der Waals surface area contributed by atoms with E-state index in [-0.39, 0.29) is 15.9 Å². The number of benzene rings is 1. The van der Waals surface area contributed by atoms with Crippen molar-refractivity contribution in [3.05, 3.63) is 53.2 Å². The molecular weight excluding hydrogens is 392 g/mol. The molecule has 1 aliphatic heterocycles. The molecule has 0 saturated carbocycles. The fourth-order valence-corrected chi connectivity index (χ4v) is 6.19. The predicted molar refractivity (Wildman–Crippen MR) is 110 cm³/mol. The number of hydrogen-bond donors (Lipinski definition) is 0. The van der Waals surface area contributed by atoms with Crippen LogP contribution in [-0.2, 0) is 22.9 Å². The molecule has 1 aromatic carbocycles. The maximum Gasteiger partial charge on any atom is 0.244 e. The van der Waals surface area contributed by atoms with Gasteiger partial charge in [0.05, 0.1) is 10.3 Å². The van der Waals surface area contributed by atoms with Crippen molar-refractivity contribution >= 4 is 27.6 Å². The monoisotopic (exact) mass is 416 g/mol. The number of pyridine rings is 1. The van der Waals surface area contributed by atoms with Crippen molar-refractivity contribution in [3.63, 3.8) is 0 Å². The number of fused-ring (bicyclic) bond motifs is 1. The van der Waals surface area contributed by atoms with Gasteiger partial charge in [0.2, 0.25) is 10.0 Å². The molecular formula is C21H24N2O3S2. The van der Waals surface area contributed by atoms with E-state index in [9.17, 15) is 13.2 Å². The van der Waals surface area contributed by atoms with Crippen molar-refractivity contribution < 1.29 is 13.2 Å². The highest BCUT2D eigenvalue weighted by molar-refractivity contribution is 8.00. The zero-order valence-electron chi connectivity index (χ0n) is 15.9. The number of aromatic nitrogens is 1. The lowest BCUT2D eigenvalue weighted by Crippen LogP contribution is -2.27. The lowest BCUT2D eigenvalue weighted by atomic mass is 10.0. The lowest BCUT2D eigenvalue weighted by molar-refractivity contribution is 0.0994. The minimum absolute atomic E-state index is 0.0789. The Morgan fingerprint density at radius 2 is 1.82 bits per heavy atom. The molecule has 0 spiro atoms. The molecule has 2 aromatic rings. The van der Waals surface area contributed by atoms with Crippen molar-refractivity contribution in [1.82, 2.24) is 9.29 Å². The van der Waals surface area contributed by atoms with Crippen LogP contribution in [0.2, 0.25) is 0 Å². The third-order valence-corrected chi connectivity index (χ3v) is 8.39. The Labute approximate surface area is 170 Å².